The van der Waals surface area contributed by atoms with Gasteiger partial charge in [0.2, 0.25) is 0 Å². The minimum atomic E-state index is 0.424. The van der Waals surface area contributed by atoms with Crippen LogP contribution in [0.5, 0.6) is 0 Å². The van der Waals surface area contributed by atoms with Gasteiger partial charge in [-0.15, -0.1) is 0 Å². The largest absolute Gasteiger partial charge is 0.353 e. The molecule has 3 nitrogen and oxygen atoms in total. The Morgan fingerprint density at radius 3 is 2.47 bits per heavy atom. The van der Waals surface area contributed by atoms with Crippen molar-refractivity contribution in [3.05, 3.63) is 51.4 Å². The molecular weight excluding hydrogens is 281 g/mol. The molecule has 1 heterocycles. The van der Waals surface area contributed by atoms with Gasteiger partial charge >= 0.3 is 0 Å². The van der Waals surface area contributed by atoms with Gasteiger partial charge in [-0.3, -0.25) is 0 Å². The first-order valence-corrected chi connectivity index (χ1v) is 6.69. The van der Waals surface area contributed by atoms with Crippen molar-refractivity contribution in [1.82, 2.24) is 9.97 Å². The molecule has 2 rings (SSSR count). The van der Waals surface area contributed by atoms with Crippen molar-refractivity contribution in [3.63, 3.8) is 0 Å². The quantitative estimate of drug-likeness (QED) is 0.856. The van der Waals surface area contributed by atoms with E-state index in [2.05, 4.69) is 9.97 Å². The first-order chi connectivity index (χ1) is 8.97. The average Bonchev–Trinajstić information content (AvgIpc) is 2.33. The molecule has 0 saturated heterocycles. The number of halogens is 2. The van der Waals surface area contributed by atoms with Crippen LogP contribution in [0.3, 0.4) is 0 Å². The highest BCUT2D eigenvalue weighted by atomic mass is 35.5. The maximum Gasteiger partial charge on any atom is 0.171 e. The van der Waals surface area contributed by atoms with Crippen molar-refractivity contribution in [2.45, 2.75) is 20.4 Å². The normalized spacial score (nSPS) is 10.6. The first-order valence-electron chi connectivity index (χ1n) is 5.93. The highest BCUT2D eigenvalue weighted by Crippen LogP contribution is 2.23. The third-order valence-corrected chi connectivity index (χ3v) is 3.41. The summed E-state index contributed by atoms with van der Waals surface area (Å²) < 4.78 is 0. The summed E-state index contributed by atoms with van der Waals surface area (Å²) in [6.45, 7) is 4.50. The van der Waals surface area contributed by atoms with Gasteiger partial charge in [0.25, 0.3) is 0 Å². The summed E-state index contributed by atoms with van der Waals surface area (Å²) >= 11 is 12.1. The fourth-order valence-electron chi connectivity index (χ4n) is 1.79. The topological polar surface area (TPSA) is 29.0 Å². The molecule has 19 heavy (non-hydrogen) atoms. The molecule has 0 saturated carbocycles. The summed E-state index contributed by atoms with van der Waals surface area (Å²) in [6.07, 6.45) is 0. The predicted molar refractivity (Wildman–Crippen MR) is 80.1 cm³/mol. The number of benzene rings is 1. The molecule has 0 aliphatic rings. The van der Waals surface area contributed by atoms with Crippen molar-refractivity contribution >= 4 is 29.0 Å². The Kier molecular flexibility index (Phi) is 4.27. The summed E-state index contributed by atoms with van der Waals surface area (Å²) in [5.74, 6) is 0.685. The maximum atomic E-state index is 6.15. The molecule has 0 amide bonds. The lowest BCUT2D eigenvalue weighted by Gasteiger charge is -2.20. The van der Waals surface area contributed by atoms with E-state index >= 15 is 0 Å². The molecule has 100 valence electrons. The van der Waals surface area contributed by atoms with Gasteiger partial charge in [0, 0.05) is 18.6 Å². The minimum Gasteiger partial charge on any atom is -0.353 e. The predicted octanol–water partition coefficient (Wildman–Crippen LogP) is 4.04. The second kappa shape index (κ2) is 5.76. The van der Waals surface area contributed by atoms with Gasteiger partial charge in [-0.1, -0.05) is 35.3 Å². The second-order valence-electron chi connectivity index (χ2n) is 4.49. The molecule has 0 atom stereocenters. The minimum absolute atomic E-state index is 0.424. The van der Waals surface area contributed by atoms with Gasteiger partial charge in [-0.2, -0.15) is 0 Å². The van der Waals surface area contributed by atoms with Gasteiger partial charge in [0.05, 0.1) is 11.4 Å². The van der Waals surface area contributed by atoms with Crippen molar-refractivity contribution < 1.29 is 0 Å². The molecule has 1 aromatic carbocycles. The first kappa shape index (κ1) is 14.1. The molecule has 2 aromatic rings. The van der Waals surface area contributed by atoms with Gasteiger partial charge < -0.3 is 4.90 Å². The Hall–Kier alpha value is -1.32. The summed E-state index contributed by atoms with van der Waals surface area (Å²) in [5.41, 5.74) is 2.84. The lowest BCUT2D eigenvalue weighted by Crippen LogP contribution is -2.19. The van der Waals surface area contributed by atoms with E-state index < -0.39 is 0 Å². The van der Waals surface area contributed by atoms with Crippen LogP contribution in [0, 0.1) is 13.8 Å². The number of nitrogens with zero attached hydrogens (tertiary/aromatic N) is 3. The van der Waals surface area contributed by atoms with E-state index in [0.717, 1.165) is 22.0 Å². The van der Waals surface area contributed by atoms with Gasteiger partial charge in [-0.05, 0) is 31.5 Å². The van der Waals surface area contributed by atoms with E-state index in [1.165, 1.54) is 0 Å². The number of aromatic nitrogens is 2. The van der Waals surface area contributed by atoms with Crippen LogP contribution >= 0.6 is 23.2 Å². The standard InChI is InChI=1S/C14H15Cl2N3/c1-9-10(2)18-14(13(16)17-9)19(3)8-11-5-4-6-12(15)7-11/h4-7H,8H2,1-3H3. The Bertz CT molecular complexity index is 599. The average molecular weight is 296 g/mol. The zero-order valence-electron chi connectivity index (χ0n) is 11.1. The Balaban J connectivity index is 2.25. The molecule has 5 heteroatoms. The van der Waals surface area contributed by atoms with Crippen molar-refractivity contribution in [3.8, 4) is 0 Å². The molecule has 0 unspecified atom stereocenters. The van der Waals surface area contributed by atoms with E-state index in [1.807, 2.05) is 50.1 Å². The molecule has 0 bridgehead atoms. The molecule has 0 fully saturated rings. The molecule has 1 aromatic heterocycles. The summed E-state index contributed by atoms with van der Waals surface area (Å²) in [5, 5.41) is 1.15. The zero-order valence-corrected chi connectivity index (χ0v) is 12.6. The second-order valence-corrected chi connectivity index (χ2v) is 5.29. The third-order valence-electron chi connectivity index (χ3n) is 2.92. The van der Waals surface area contributed by atoms with Crippen LogP contribution in [-0.4, -0.2) is 17.0 Å². The summed E-state index contributed by atoms with van der Waals surface area (Å²) in [6, 6.07) is 7.73. The van der Waals surface area contributed by atoms with Gasteiger partial charge in [0.15, 0.2) is 11.0 Å². The van der Waals surface area contributed by atoms with E-state index in [1.54, 1.807) is 0 Å². The van der Waals surface area contributed by atoms with Crippen LogP contribution in [-0.2, 0) is 6.54 Å². The Morgan fingerprint density at radius 2 is 1.79 bits per heavy atom. The monoisotopic (exact) mass is 295 g/mol. The van der Waals surface area contributed by atoms with Crippen LogP contribution < -0.4 is 4.90 Å². The van der Waals surface area contributed by atoms with Crippen LogP contribution in [0.15, 0.2) is 24.3 Å². The maximum absolute atomic E-state index is 6.15. The van der Waals surface area contributed by atoms with Gasteiger partial charge in [-0.25, -0.2) is 9.97 Å². The molecule has 0 N–H and O–H groups in total. The fraction of sp³-hybridized carbons (Fsp3) is 0.286. The van der Waals surface area contributed by atoms with E-state index in [-0.39, 0.29) is 0 Å². The lowest BCUT2D eigenvalue weighted by atomic mass is 10.2. The van der Waals surface area contributed by atoms with E-state index in [4.69, 9.17) is 23.2 Å². The van der Waals surface area contributed by atoms with Crippen molar-refractivity contribution in [2.75, 3.05) is 11.9 Å². The molecule has 0 aliphatic heterocycles. The van der Waals surface area contributed by atoms with Crippen molar-refractivity contribution in [1.29, 1.82) is 0 Å². The Labute approximate surface area is 123 Å². The van der Waals surface area contributed by atoms with Crippen LogP contribution in [0.25, 0.3) is 0 Å². The van der Waals surface area contributed by atoms with E-state index in [9.17, 15) is 0 Å². The summed E-state index contributed by atoms with van der Waals surface area (Å²) in [4.78, 5) is 10.7. The van der Waals surface area contributed by atoms with Crippen LogP contribution in [0.4, 0.5) is 5.82 Å². The van der Waals surface area contributed by atoms with Crippen LogP contribution in [0.1, 0.15) is 17.0 Å². The SMILES string of the molecule is Cc1nc(Cl)c(N(C)Cc2cccc(Cl)c2)nc1C. The number of hydrogen-bond acceptors (Lipinski definition) is 3. The molecular formula is C14H15Cl2N3. The molecule has 0 radical (unpaired) electrons. The number of hydrogen-bond donors (Lipinski definition) is 0. The number of anilines is 1. The number of aryl methyl sites for hydroxylation is 2. The molecule has 0 aliphatic carbocycles. The Morgan fingerprint density at radius 1 is 1.11 bits per heavy atom. The van der Waals surface area contributed by atoms with Gasteiger partial charge in [0.1, 0.15) is 0 Å². The number of rotatable bonds is 3. The highest BCUT2D eigenvalue weighted by molar-refractivity contribution is 6.31. The highest BCUT2D eigenvalue weighted by Gasteiger charge is 2.12. The van der Waals surface area contributed by atoms with Crippen LogP contribution in [0.2, 0.25) is 10.2 Å². The van der Waals surface area contributed by atoms with Crippen molar-refractivity contribution in [2.24, 2.45) is 0 Å². The fourth-order valence-corrected chi connectivity index (χ4v) is 2.32. The lowest BCUT2D eigenvalue weighted by molar-refractivity contribution is 0.876. The smallest absolute Gasteiger partial charge is 0.171 e. The summed E-state index contributed by atoms with van der Waals surface area (Å²) in [7, 11) is 1.94. The van der Waals surface area contributed by atoms with E-state index in [0.29, 0.717) is 17.5 Å². The molecule has 0 spiro atoms. The third kappa shape index (κ3) is 3.37. The zero-order chi connectivity index (χ0) is 14.0.